The smallest absolute Gasteiger partial charge is 0.270 e. The molecule has 100 valence electrons. The van der Waals surface area contributed by atoms with Gasteiger partial charge in [-0.2, -0.15) is 5.26 Å². The lowest BCUT2D eigenvalue weighted by Gasteiger charge is -2.04. The lowest BCUT2D eigenvalue weighted by Crippen LogP contribution is -1.90. The Labute approximate surface area is 119 Å². The van der Waals surface area contributed by atoms with Gasteiger partial charge in [-0.05, 0) is 23.8 Å². The second-order valence-electron chi connectivity index (χ2n) is 3.95. The molecule has 0 aliphatic heterocycles. The molecule has 0 atom stereocenters. The lowest BCUT2D eigenvalue weighted by atomic mass is 10.2. The van der Waals surface area contributed by atoms with E-state index >= 15 is 0 Å². The molecule has 0 unspecified atom stereocenters. The molecule has 0 aliphatic carbocycles. The van der Waals surface area contributed by atoms with Crippen molar-refractivity contribution in [1.82, 2.24) is 0 Å². The Hall–Kier alpha value is -2.36. The predicted octanol–water partition coefficient (Wildman–Crippen LogP) is 3.11. The molecule has 0 aliphatic rings. The molecule has 5 nitrogen and oxygen atoms in total. The minimum absolute atomic E-state index is 0.0219. The van der Waals surface area contributed by atoms with Gasteiger partial charge in [0.2, 0.25) is 0 Å². The average Bonchev–Trinajstić information content (AvgIpc) is 2.48. The van der Waals surface area contributed by atoms with Crippen molar-refractivity contribution in [1.29, 1.82) is 5.26 Å². The highest BCUT2D eigenvalue weighted by atomic mass is 32.2. The minimum atomic E-state index is -0.522. The fourth-order valence-electron chi connectivity index (χ4n) is 1.60. The Bertz CT molecular complexity index is 678. The lowest BCUT2D eigenvalue weighted by molar-refractivity contribution is -0.384. The first-order valence-corrected chi connectivity index (χ1v) is 6.52. The summed E-state index contributed by atoms with van der Waals surface area (Å²) >= 11 is 1.35. The normalized spacial score (nSPS) is 10.0. The van der Waals surface area contributed by atoms with Crippen LogP contribution < -0.4 is 0 Å². The molecule has 2 rings (SSSR count). The van der Waals surface area contributed by atoms with Crippen LogP contribution in [0.25, 0.3) is 0 Å². The Kier molecular flexibility index (Phi) is 4.35. The van der Waals surface area contributed by atoms with Gasteiger partial charge < -0.3 is 5.11 Å². The van der Waals surface area contributed by atoms with Gasteiger partial charge in [0.25, 0.3) is 5.69 Å². The number of hydrogen-bond donors (Lipinski definition) is 1. The quantitative estimate of drug-likeness (QED) is 0.689. The molecule has 20 heavy (non-hydrogen) atoms. The van der Waals surface area contributed by atoms with Crippen LogP contribution >= 0.6 is 11.8 Å². The van der Waals surface area contributed by atoms with Crippen LogP contribution in [0.4, 0.5) is 5.69 Å². The van der Waals surface area contributed by atoms with Crippen LogP contribution in [0.3, 0.4) is 0 Å². The minimum Gasteiger partial charge on any atom is -0.392 e. The highest BCUT2D eigenvalue weighted by molar-refractivity contribution is 7.99. The van der Waals surface area contributed by atoms with Gasteiger partial charge >= 0.3 is 0 Å². The second kappa shape index (κ2) is 6.19. The van der Waals surface area contributed by atoms with Crippen LogP contribution in [-0.4, -0.2) is 10.0 Å². The highest BCUT2D eigenvalue weighted by Gasteiger charge is 2.11. The van der Waals surface area contributed by atoms with Crippen LogP contribution in [0, 0.1) is 21.4 Å². The molecule has 0 heterocycles. The zero-order chi connectivity index (χ0) is 14.5. The van der Waals surface area contributed by atoms with Crippen molar-refractivity contribution in [2.75, 3.05) is 0 Å². The van der Waals surface area contributed by atoms with Crippen LogP contribution in [0.1, 0.15) is 11.1 Å². The van der Waals surface area contributed by atoms with Gasteiger partial charge in [0, 0.05) is 21.9 Å². The largest absolute Gasteiger partial charge is 0.392 e. The number of benzene rings is 2. The molecule has 0 fully saturated rings. The Morgan fingerprint density at radius 3 is 2.50 bits per heavy atom. The molecular formula is C14H10N2O3S. The van der Waals surface area contributed by atoms with Crippen molar-refractivity contribution in [2.24, 2.45) is 0 Å². The van der Waals surface area contributed by atoms with Crippen LogP contribution in [0.15, 0.2) is 52.3 Å². The maximum Gasteiger partial charge on any atom is 0.270 e. The maximum absolute atomic E-state index is 10.7. The number of nitrogens with zero attached hydrogens (tertiary/aromatic N) is 2. The van der Waals surface area contributed by atoms with Gasteiger partial charge in [0.05, 0.1) is 17.1 Å². The van der Waals surface area contributed by atoms with Gasteiger partial charge in [0.15, 0.2) is 0 Å². The summed E-state index contributed by atoms with van der Waals surface area (Å²) in [6, 6.07) is 13.4. The number of aliphatic hydroxyl groups is 1. The van der Waals surface area contributed by atoms with E-state index in [0.717, 1.165) is 10.5 Å². The summed E-state index contributed by atoms with van der Waals surface area (Å²) in [5.41, 5.74) is 0.982. The van der Waals surface area contributed by atoms with Gasteiger partial charge in [-0.15, -0.1) is 0 Å². The van der Waals surface area contributed by atoms with E-state index in [1.165, 1.54) is 23.9 Å². The standard InChI is InChI=1S/C14H10N2O3S/c15-8-11-7-12(16(18)19)3-6-14(11)20-13-4-1-10(9-17)2-5-13/h1-7,17H,9H2. The summed E-state index contributed by atoms with van der Waals surface area (Å²) in [6.45, 7) is -0.0219. The summed E-state index contributed by atoms with van der Waals surface area (Å²) in [5.74, 6) is 0. The first-order chi connectivity index (χ1) is 9.63. The molecule has 0 radical (unpaired) electrons. The maximum atomic E-state index is 10.7. The zero-order valence-corrected chi connectivity index (χ0v) is 11.1. The molecule has 6 heteroatoms. The Morgan fingerprint density at radius 2 is 1.95 bits per heavy atom. The third kappa shape index (κ3) is 3.15. The molecule has 0 saturated carbocycles. The number of nitro groups is 1. The predicted molar refractivity (Wildman–Crippen MR) is 74.3 cm³/mol. The van der Waals surface area contributed by atoms with Crippen molar-refractivity contribution < 1.29 is 10.0 Å². The van der Waals surface area contributed by atoms with Crippen molar-refractivity contribution in [3.8, 4) is 6.07 Å². The first kappa shape index (κ1) is 14.1. The van der Waals surface area contributed by atoms with E-state index in [0.29, 0.717) is 4.90 Å². The van der Waals surface area contributed by atoms with E-state index in [2.05, 4.69) is 0 Å². The van der Waals surface area contributed by atoms with E-state index < -0.39 is 4.92 Å². The molecule has 0 saturated heterocycles. The topological polar surface area (TPSA) is 87.2 Å². The van der Waals surface area contributed by atoms with Crippen molar-refractivity contribution in [2.45, 2.75) is 16.4 Å². The van der Waals surface area contributed by atoms with E-state index in [-0.39, 0.29) is 17.9 Å². The molecule has 2 aromatic rings. The van der Waals surface area contributed by atoms with Crippen LogP contribution in [-0.2, 0) is 6.61 Å². The number of nitriles is 1. The summed E-state index contributed by atoms with van der Waals surface area (Å²) < 4.78 is 0. The number of rotatable bonds is 4. The molecule has 0 bridgehead atoms. The SMILES string of the molecule is N#Cc1cc([N+](=O)[O-])ccc1Sc1ccc(CO)cc1. The van der Waals surface area contributed by atoms with E-state index in [4.69, 9.17) is 10.4 Å². The summed E-state index contributed by atoms with van der Waals surface area (Å²) in [5, 5.41) is 28.7. The molecule has 0 spiro atoms. The Balaban J connectivity index is 2.28. The van der Waals surface area contributed by atoms with Gasteiger partial charge in [0.1, 0.15) is 6.07 Å². The number of nitro benzene ring substituents is 1. The zero-order valence-electron chi connectivity index (χ0n) is 10.3. The molecule has 1 N–H and O–H groups in total. The highest BCUT2D eigenvalue weighted by Crippen LogP contribution is 2.32. The second-order valence-corrected chi connectivity index (χ2v) is 5.07. The summed E-state index contributed by atoms with van der Waals surface area (Å²) in [4.78, 5) is 11.7. The number of aliphatic hydroxyl groups excluding tert-OH is 1. The number of hydrogen-bond acceptors (Lipinski definition) is 5. The molecular weight excluding hydrogens is 276 g/mol. The summed E-state index contributed by atoms with van der Waals surface area (Å²) in [7, 11) is 0. The molecule has 0 amide bonds. The monoisotopic (exact) mass is 286 g/mol. The van der Waals surface area contributed by atoms with Gasteiger partial charge in [-0.3, -0.25) is 10.1 Å². The third-order valence-corrected chi connectivity index (χ3v) is 3.71. The van der Waals surface area contributed by atoms with Crippen molar-refractivity contribution >= 4 is 17.4 Å². The van der Waals surface area contributed by atoms with Crippen LogP contribution in [0.2, 0.25) is 0 Å². The van der Waals surface area contributed by atoms with Crippen molar-refractivity contribution in [3.05, 3.63) is 63.7 Å². The Morgan fingerprint density at radius 1 is 1.25 bits per heavy atom. The molecule has 0 aromatic heterocycles. The van der Waals surface area contributed by atoms with Crippen LogP contribution in [0.5, 0.6) is 0 Å². The van der Waals surface area contributed by atoms with E-state index in [9.17, 15) is 10.1 Å². The summed E-state index contributed by atoms with van der Waals surface area (Å²) in [6.07, 6.45) is 0. The average molecular weight is 286 g/mol. The molecule has 2 aromatic carbocycles. The first-order valence-electron chi connectivity index (χ1n) is 5.70. The van der Waals surface area contributed by atoms with Gasteiger partial charge in [-0.25, -0.2) is 0 Å². The fourth-order valence-corrected chi connectivity index (χ4v) is 2.47. The van der Waals surface area contributed by atoms with E-state index in [1.54, 1.807) is 18.2 Å². The fraction of sp³-hybridized carbons (Fsp3) is 0.0714. The third-order valence-electron chi connectivity index (χ3n) is 2.63. The van der Waals surface area contributed by atoms with Crippen molar-refractivity contribution in [3.63, 3.8) is 0 Å². The number of non-ortho nitro benzene ring substituents is 1. The van der Waals surface area contributed by atoms with E-state index in [1.807, 2.05) is 18.2 Å². The van der Waals surface area contributed by atoms with Gasteiger partial charge in [-0.1, -0.05) is 23.9 Å².